The third kappa shape index (κ3) is 5.03. The molecule has 0 radical (unpaired) electrons. The Morgan fingerprint density at radius 2 is 1.61 bits per heavy atom. The van der Waals surface area contributed by atoms with E-state index in [0.29, 0.717) is 5.16 Å². The molecule has 0 fully saturated rings. The summed E-state index contributed by atoms with van der Waals surface area (Å²) in [5.74, 6) is 0.921. The Morgan fingerprint density at radius 1 is 0.871 bits per heavy atom. The number of aromatic nitrogens is 3. The Labute approximate surface area is 186 Å². The highest BCUT2D eigenvalue weighted by molar-refractivity contribution is 7.99. The highest BCUT2D eigenvalue weighted by Gasteiger charge is 2.17. The van der Waals surface area contributed by atoms with Gasteiger partial charge in [-0.1, -0.05) is 60.3 Å². The zero-order chi connectivity index (χ0) is 21.8. The van der Waals surface area contributed by atoms with E-state index in [2.05, 4.69) is 40.6 Å². The van der Waals surface area contributed by atoms with E-state index >= 15 is 0 Å². The Balaban J connectivity index is 1.59. The molecular formula is C25H24N4OS. The summed E-state index contributed by atoms with van der Waals surface area (Å²) in [5, 5.41) is 12.5. The van der Waals surface area contributed by atoms with Gasteiger partial charge in [-0.25, -0.2) is 0 Å². The molecule has 0 aliphatic carbocycles. The monoisotopic (exact) mass is 428 g/mol. The molecule has 6 heteroatoms. The number of benzene rings is 3. The molecule has 4 aromatic rings. The summed E-state index contributed by atoms with van der Waals surface area (Å²) in [7, 11) is 0. The van der Waals surface area contributed by atoms with E-state index in [1.54, 1.807) is 0 Å². The number of thioether (sulfide) groups is 1. The quantitative estimate of drug-likeness (QED) is 0.407. The number of rotatable bonds is 6. The Morgan fingerprint density at radius 3 is 2.32 bits per heavy atom. The molecule has 156 valence electrons. The molecule has 1 aromatic heterocycles. The van der Waals surface area contributed by atoms with Crippen molar-refractivity contribution >= 4 is 23.4 Å². The van der Waals surface area contributed by atoms with Crippen LogP contribution in [0.15, 0.2) is 78.0 Å². The molecule has 0 unspecified atom stereocenters. The number of hydrogen-bond acceptors (Lipinski definition) is 4. The van der Waals surface area contributed by atoms with Crippen molar-refractivity contribution in [1.82, 2.24) is 14.8 Å². The van der Waals surface area contributed by atoms with Crippen molar-refractivity contribution in [2.75, 3.05) is 11.1 Å². The first-order valence-corrected chi connectivity index (χ1v) is 11.1. The number of hydrogen-bond donors (Lipinski definition) is 1. The van der Waals surface area contributed by atoms with Crippen LogP contribution in [0.2, 0.25) is 0 Å². The molecule has 1 N–H and O–H groups in total. The van der Waals surface area contributed by atoms with Crippen LogP contribution >= 0.6 is 11.8 Å². The number of aryl methyl sites for hydroxylation is 3. The second-order valence-corrected chi connectivity index (χ2v) is 8.50. The minimum atomic E-state index is -0.0740. The normalized spacial score (nSPS) is 10.8. The van der Waals surface area contributed by atoms with Gasteiger partial charge < -0.3 is 5.32 Å². The van der Waals surface area contributed by atoms with Gasteiger partial charge in [0.1, 0.15) is 0 Å². The molecule has 0 saturated heterocycles. The molecule has 0 saturated carbocycles. The van der Waals surface area contributed by atoms with Crippen molar-refractivity contribution < 1.29 is 4.79 Å². The van der Waals surface area contributed by atoms with E-state index in [1.807, 2.05) is 73.0 Å². The van der Waals surface area contributed by atoms with Gasteiger partial charge in [-0.15, -0.1) is 10.2 Å². The van der Waals surface area contributed by atoms with Crippen LogP contribution in [0.4, 0.5) is 5.69 Å². The first-order chi connectivity index (χ1) is 15.0. The Bertz CT molecular complexity index is 1200. The van der Waals surface area contributed by atoms with Gasteiger partial charge in [0.2, 0.25) is 5.91 Å². The topological polar surface area (TPSA) is 59.8 Å². The van der Waals surface area contributed by atoms with Gasteiger partial charge in [0.05, 0.1) is 5.75 Å². The molecule has 5 nitrogen and oxygen atoms in total. The predicted molar refractivity (Wildman–Crippen MR) is 127 cm³/mol. The molecule has 4 rings (SSSR count). The van der Waals surface area contributed by atoms with Crippen LogP contribution in [0.3, 0.4) is 0 Å². The lowest BCUT2D eigenvalue weighted by atomic mass is 10.1. The van der Waals surface area contributed by atoms with Crippen LogP contribution < -0.4 is 5.32 Å². The largest absolute Gasteiger partial charge is 0.325 e. The fourth-order valence-electron chi connectivity index (χ4n) is 3.51. The average molecular weight is 429 g/mol. The zero-order valence-electron chi connectivity index (χ0n) is 17.8. The van der Waals surface area contributed by atoms with Crippen LogP contribution in [0.1, 0.15) is 16.7 Å². The molecule has 1 amide bonds. The molecule has 0 aliphatic rings. The molecule has 0 spiro atoms. The van der Waals surface area contributed by atoms with Gasteiger partial charge in [0, 0.05) is 16.9 Å². The summed E-state index contributed by atoms with van der Waals surface area (Å²) in [6.45, 7) is 6.10. The average Bonchev–Trinajstić information content (AvgIpc) is 3.16. The van der Waals surface area contributed by atoms with Gasteiger partial charge in [0.15, 0.2) is 11.0 Å². The molecule has 0 aliphatic heterocycles. The van der Waals surface area contributed by atoms with E-state index < -0.39 is 0 Å². The summed E-state index contributed by atoms with van der Waals surface area (Å²) < 4.78 is 2.01. The van der Waals surface area contributed by atoms with Crippen LogP contribution in [0.25, 0.3) is 17.1 Å². The number of nitrogens with one attached hydrogen (secondary N) is 1. The van der Waals surface area contributed by atoms with Crippen molar-refractivity contribution in [3.8, 4) is 17.1 Å². The highest BCUT2D eigenvalue weighted by atomic mass is 32.2. The maximum atomic E-state index is 12.6. The minimum Gasteiger partial charge on any atom is -0.325 e. The van der Waals surface area contributed by atoms with Gasteiger partial charge in [-0.3, -0.25) is 9.36 Å². The predicted octanol–water partition coefficient (Wildman–Crippen LogP) is 5.59. The number of amides is 1. The van der Waals surface area contributed by atoms with Gasteiger partial charge in [-0.2, -0.15) is 0 Å². The number of nitrogens with zero attached hydrogens (tertiary/aromatic N) is 3. The zero-order valence-corrected chi connectivity index (χ0v) is 18.6. The fourth-order valence-corrected chi connectivity index (χ4v) is 4.26. The summed E-state index contributed by atoms with van der Waals surface area (Å²) in [6, 6.07) is 24.2. The first-order valence-electron chi connectivity index (χ1n) is 10.1. The van der Waals surface area contributed by atoms with Crippen LogP contribution in [0, 0.1) is 20.8 Å². The lowest BCUT2D eigenvalue weighted by Crippen LogP contribution is -2.14. The summed E-state index contributed by atoms with van der Waals surface area (Å²) in [4.78, 5) is 12.6. The van der Waals surface area contributed by atoms with Crippen LogP contribution in [-0.2, 0) is 4.79 Å². The van der Waals surface area contributed by atoms with Crippen molar-refractivity contribution in [2.45, 2.75) is 25.9 Å². The molecular weight excluding hydrogens is 404 g/mol. The fraction of sp³-hybridized carbons (Fsp3) is 0.160. The summed E-state index contributed by atoms with van der Waals surface area (Å²) in [6.07, 6.45) is 0. The van der Waals surface area contributed by atoms with E-state index in [1.165, 1.54) is 11.8 Å². The van der Waals surface area contributed by atoms with Gasteiger partial charge in [0.25, 0.3) is 0 Å². The second kappa shape index (κ2) is 9.18. The molecule has 0 bridgehead atoms. The SMILES string of the molecule is Cc1cc(C)cc(NC(=O)CSc2nnc(-c3ccccc3)n2-c2cccc(C)c2)c1. The summed E-state index contributed by atoms with van der Waals surface area (Å²) >= 11 is 1.38. The van der Waals surface area contributed by atoms with Gasteiger partial charge >= 0.3 is 0 Å². The third-order valence-electron chi connectivity index (χ3n) is 4.76. The first kappa shape index (κ1) is 20.9. The van der Waals surface area contributed by atoms with Gasteiger partial charge in [-0.05, 0) is 61.7 Å². The molecule has 1 heterocycles. The standard InChI is InChI=1S/C25H24N4OS/c1-17-8-7-11-22(15-17)29-24(20-9-5-4-6-10-20)27-28-25(29)31-16-23(30)26-21-13-18(2)12-19(3)14-21/h4-15H,16H2,1-3H3,(H,26,30). The second-order valence-electron chi connectivity index (χ2n) is 7.56. The van der Waals surface area contributed by atoms with Crippen LogP contribution in [0.5, 0.6) is 0 Å². The van der Waals surface area contributed by atoms with E-state index in [9.17, 15) is 4.79 Å². The lowest BCUT2D eigenvalue weighted by Gasteiger charge is -2.11. The lowest BCUT2D eigenvalue weighted by molar-refractivity contribution is -0.113. The molecule has 0 atom stereocenters. The highest BCUT2D eigenvalue weighted by Crippen LogP contribution is 2.28. The Kier molecular flexibility index (Phi) is 6.18. The van der Waals surface area contributed by atoms with Crippen molar-refractivity contribution in [3.63, 3.8) is 0 Å². The number of anilines is 1. The minimum absolute atomic E-state index is 0.0740. The van der Waals surface area contributed by atoms with E-state index in [-0.39, 0.29) is 11.7 Å². The van der Waals surface area contributed by atoms with Crippen molar-refractivity contribution in [3.05, 3.63) is 89.5 Å². The van der Waals surface area contributed by atoms with E-state index in [0.717, 1.165) is 39.5 Å². The number of carbonyl (C=O) groups is 1. The molecule has 31 heavy (non-hydrogen) atoms. The summed E-state index contributed by atoms with van der Waals surface area (Å²) in [5.41, 5.74) is 6.15. The maximum Gasteiger partial charge on any atom is 0.234 e. The van der Waals surface area contributed by atoms with E-state index in [4.69, 9.17) is 0 Å². The van der Waals surface area contributed by atoms with Crippen molar-refractivity contribution in [2.24, 2.45) is 0 Å². The molecule has 3 aromatic carbocycles. The third-order valence-corrected chi connectivity index (χ3v) is 5.69. The Hall–Kier alpha value is -3.38. The number of carbonyl (C=O) groups excluding carboxylic acids is 1. The van der Waals surface area contributed by atoms with Crippen LogP contribution in [-0.4, -0.2) is 26.4 Å². The van der Waals surface area contributed by atoms with Crippen molar-refractivity contribution in [1.29, 1.82) is 0 Å². The maximum absolute atomic E-state index is 12.6. The smallest absolute Gasteiger partial charge is 0.234 e.